The van der Waals surface area contributed by atoms with Crippen LogP contribution in [0, 0.1) is 6.92 Å². The van der Waals surface area contributed by atoms with Gasteiger partial charge in [-0.3, -0.25) is 0 Å². The van der Waals surface area contributed by atoms with Crippen LogP contribution in [0.5, 0.6) is 0 Å². The Morgan fingerprint density at radius 1 is 1.41 bits per heavy atom. The molecule has 3 nitrogen and oxygen atoms in total. The molecule has 0 saturated heterocycles. The summed E-state index contributed by atoms with van der Waals surface area (Å²) >= 11 is 5.93. The minimum Gasteiger partial charge on any atom is -0.394 e. The van der Waals surface area contributed by atoms with Crippen molar-refractivity contribution in [3.63, 3.8) is 0 Å². The first-order valence-corrected chi connectivity index (χ1v) is 6.03. The van der Waals surface area contributed by atoms with Gasteiger partial charge in [0.05, 0.1) is 12.7 Å². The van der Waals surface area contributed by atoms with Gasteiger partial charge in [0, 0.05) is 17.1 Å². The van der Waals surface area contributed by atoms with Crippen molar-refractivity contribution in [2.75, 3.05) is 13.2 Å². The number of aliphatic hydroxyl groups excluding tert-OH is 2. The second kappa shape index (κ2) is 5.83. The Morgan fingerprint density at radius 3 is 2.59 bits per heavy atom. The van der Waals surface area contributed by atoms with Crippen LogP contribution >= 0.6 is 11.6 Å². The van der Waals surface area contributed by atoms with Crippen molar-refractivity contribution in [3.8, 4) is 0 Å². The molecule has 0 radical (unpaired) electrons. The second-order valence-corrected chi connectivity index (χ2v) is 5.35. The van der Waals surface area contributed by atoms with E-state index in [1.54, 1.807) is 6.07 Å². The van der Waals surface area contributed by atoms with Gasteiger partial charge >= 0.3 is 0 Å². The fraction of sp³-hybridized carbons (Fsp3) is 0.538. The molecule has 1 aromatic carbocycles. The Hall–Kier alpha value is -0.610. The molecule has 0 heterocycles. The molecule has 96 valence electrons. The summed E-state index contributed by atoms with van der Waals surface area (Å²) in [4.78, 5) is 0. The predicted molar refractivity (Wildman–Crippen MR) is 70.3 cm³/mol. The Balaban J connectivity index is 2.64. The van der Waals surface area contributed by atoms with E-state index in [-0.39, 0.29) is 12.1 Å². The Kier molecular flexibility index (Phi) is 4.95. The Labute approximate surface area is 107 Å². The van der Waals surface area contributed by atoms with E-state index in [2.05, 4.69) is 5.32 Å². The van der Waals surface area contributed by atoms with Crippen molar-refractivity contribution in [2.45, 2.75) is 32.4 Å². The van der Waals surface area contributed by atoms with Gasteiger partial charge < -0.3 is 15.5 Å². The van der Waals surface area contributed by atoms with Crippen molar-refractivity contribution in [3.05, 3.63) is 34.3 Å². The summed E-state index contributed by atoms with van der Waals surface area (Å²) in [6.45, 7) is 6.09. The maximum absolute atomic E-state index is 10.0. The number of hydrogen-bond donors (Lipinski definition) is 3. The van der Waals surface area contributed by atoms with Crippen LogP contribution < -0.4 is 5.32 Å². The van der Waals surface area contributed by atoms with Crippen LogP contribution in [-0.4, -0.2) is 28.9 Å². The molecule has 0 amide bonds. The highest BCUT2D eigenvalue weighted by Gasteiger charge is 2.17. The van der Waals surface area contributed by atoms with Crippen LogP contribution in [0.2, 0.25) is 5.02 Å². The second-order valence-electron chi connectivity index (χ2n) is 4.95. The first-order chi connectivity index (χ1) is 7.85. The van der Waals surface area contributed by atoms with E-state index in [0.29, 0.717) is 11.6 Å². The molecule has 1 aromatic rings. The largest absolute Gasteiger partial charge is 0.394 e. The smallest absolute Gasteiger partial charge is 0.0914 e. The molecule has 0 bridgehead atoms. The number of aliphatic hydroxyl groups is 2. The summed E-state index contributed by atoms with van der Waals surface area (Å²) in [5, 5.41) is 22.9. The molecule has 0 saturated carbocycles. The van der Waals surface area contributed by atoms with Gasteiger partial charge in [-0.05, 0) is 38.0 Å². The monoisotopic (exact) mass is 257 g/mol. The van der Waals surface area contributed by atoms with Crippen LogP contribution in [-0.2, 0) is 0 Å². The standard InChI is InChI=1S/C13H20ClNO2/c1-9-6-10(4-5-11(9)14)12(17)7-15-13(2,3)8-16/h4-6,12,15-17H,7-8H2,1-3H3. The van der Waals surface area contributed by atoms with Gasteiger partial charge in [-0.1, -0.05) is 23.7 Å². The average molecular weight is 258 g/mol. The van der Waals surface area contributed by atoms with Crippen molar-refractivity contribution in [2.24, 2.45) is 0 Å². The highest BCUT2D eigenvalue weighted by molar-refractivity contribution is 6.31. The van der Waals surface area contributed by atoms with E-state index >= 15 is 0 Å². The van der Waals surface area contributed by atoms with Crippen molar-refractivity contribution >= 4 is 11.6 Å². The van der Waals surface area contributed by atoms with Gasteiger partial charge in [-0.15, -0.1) is 0 Å². The SMILES string of the molecule is Cc1cc(C(O)CNC(C)(C)CO)ccc1Cl. The molecule has 0 aliphatic carbocycles. The lowest BCUT2D eigenvalue weighted by molar-refractivity contribution is 0.136. The first kappa shape index (κ1) is 14.5. The number of hydrogen-bond acceptors (Lipinski definition) is 3. The van der Waals surface area contributed by atoms with Crippen LogP contribution in [0.25, 0.3) is 0 Å². The van der Waals surface area contributed by atoms with E-state index < -0.39 is 6.10 Å². The highest BCUT2D eigenvalue weighted by Crippen LogP contribution is 2.20. The Bertz CT molecular complexity index is 380. The topological polar surface area (TPSA) is 52.5 Å². The maximum atomic E-state index is 10.0. The number of aryl methyl sites for hydroxylation is 1. The summed E-state index contributed by atoms with van der Waals surface area (Å²) in [6.07, 6.45) is -0.600. The highest BCUT2D eigenvalue weighted by atomic mass is 35.5. The molecule has 4 heteroatoms. The molecule has 1 atom stereocenters. The normalized spacial score (nSPS) is 13.8. The molecule has 0 aliphatic rings. The van der Waals surface area contributed by atoms with Gasteiger partial charge in [0.2, 0.25) is 0 Å². The lowest BCUT2D eigenvalue weighted by atomic mass is 10.0. The van der Waals surface area contributed by atoms with Gasteiger partial charge in [0.15, 0.2) is 0 Å². The lowest BCUT2D eigenvalue weighted by Gasteiger charge is -2.25. The van der Waals surface area contributed by atoms with Gasteiger partial charge in [-0.25, -0.2) is 0 Å². The lowest BCUT2D eigenvalue weighted by Crippen LogP contribution is -2.44. The van der Waals surface area contributed by atoms with Crippen molar-refractivity contribution in [1.82, 2.24) is 5.32 Å². The summed E-state index contributed by atoms with van der Waals surface area (Å²) in [6, 6.07) is 5.47. The Morgan fingerprint density at radius 2 is 2.06 bits per heavy atom. The predicted octanol–water partition coefficient (Wildman–Crippen LogP) is 2.04. The third kappa shape index (κ3) is 4.28. The van der Waals surface area contributed by atoms with Crippen LogP contribution in [0.1, 0.15) is 31.1 Å². The van der Waals surface area contributed by atoms with Crippen molar-refractivity contribution < 1.29 is 10.2 Å². The van der Waals surface area contributed by atoms with E-state index in [9.17, 15) is 5.11 Å². The molecule has 0 aliphatic heterocycles. The summed E-state index contributed by atoms with van der Waals surface area (Å²) in [7, 11) is 0. The molecule has 1 rings (SSSR count). The molecular formula is C13H20ClNO2. The third-order valence-corrected chi connectivity index (χ3v) is 3.16. The molecule has 1 unspecified atom stereocenters. The zero-order valence-electron chi connectivity index (χ0n) is 10.5. The average Bonchev–Trinajstić information content (AvgIpc) is 2.30. The maximum Gasteiger partial charge on any atom is 0.0914 e. The third-order valence-electron chi connectivity index (χ3n) is 2.74. The number of β-amino-alcohol motifs (C(OH)–C–C–N with tert-alkyl or cyclic N) is 1. The molecule has 17 heavy (non-hydrogen) atoms. The van der Waals surface area contributed by atoms with Gasteiger partial charge in [-0.2, -0.15) is 0 Å². The van der Waals surface area contributed by atoms with Crippen LogP contribution in [0.15, 0.2) is 18.2 Å². The van der Waals surface area contributed by atoms with Crippen molar-refractivity contribution in [1.29, 1.82) is 0 Å². The number of halogens is 1. The van der Waals surface area contributed by atoms with Gasteiger partial charge in [0.25, 0.3) is 0 Å². The summed E-state index contributed by atoms with van der Waals surface area (Å²) in [5.74, 6) is 0. The molecule has 3 N–H and O–H groups in total. The van der Waals surface area contributed by atoms with Crippen LogP contribution in [0.4, 0.5) is 0 Å². The molecule has 0 aromatic heterocycles. The zero-order valence-corrected chi connectivity index (χ0v) is 11.3. The zero-order chi connectivity index (χ0) is 13.1. The number of nitrogens with one attached hydrogen (secondary N) is 1. The first-order valence-electron chi connectivity index (χ1n) is 5.66. The molecular weight excluding hydrogens is 238 g/mol. The minimum atomic E-state index is -0.600. The fourth-order valence-corrected chi connectivity index (χ4v) is 1.54. The summed E-state index contributed by atoms with van der Waals surface area (Å²) < 4.78 is 0. The number of benzene rings is 1. The molecule has 0 fully saturated rings. The van der Waals surface area contributed by atoms with E-state index in [1.807, 2.05) is 32.9 Å². The summed E-state index contributed by atoms with van der Waals surface area (Å²) in [5.41, 5.74) is 1.39. The molecule has 0 spiro atoms. The van der Waals surface area contributed by atoms with Gasteiger partial charge in [0.1, 0.15) is 0 Å². The minimum absolute atomic E-state index is 0.0271. The number of rotatable bonds is 5. The van der Waals surface area contributed by atoms with E-state index in [1.165, 1.54) is 0 Å². The fourth-order valence-electron chi connectivity index (χ4n) is 1.42. The van der Waals surface area contributed by atoms with E-state index in [0.717, 1.165) is 11.1 Å². The van der Waals surface area contributed by atoms with Crippen LogP contribution in [0.3, 0.4) is 0 Å². The van der Waals surface area contributed by atoms with E-state index in [4.69, 9.17) is 16.7 Å². The quantitative estimate of drug-likeness (QED) is 0.757.